The molecule has 4 nitrogen and oxygen atoms in total. The molecule has 0 aliphatic heterocycles. The molecule has 4 heteroatoms. The minimum absolute atomic E-state index is 0.633. The van der Waals surface area contributed by atoms with Gasteiger partial charge < -0.3 is 4.42 Å². The average Bonchev–Trinajstić information content (AvgIpc) is 3.67. The van der Waals surface area contributed by atoms with E-state index in [2.05, 4.69) is 158 Å². The molecule has 266 valence electrons. The van der Waals surface area contributed by atoms with Gasteiger partial charge in [0.25, 0.3) is 0 Å². The lowest BCUT2D eigenvalue weighted by molar-refractivity contribution is 0.669. The van der Waals surface area contributed by atoms with Crippen molar-refractivity contribution in [1.29, 1.82) is 0 Å². The third-order valence-electron chi connectivity index (χ3n) is 11.0. The molecule has 11 rings (SSSR count). The summed E-state index contributed by atoms with van der Waals surface area (Å²) in [5.41, 5.74) is 11.5. The highest BCUT2D eigenvalue weighted by molar-refractivity contribution is 6.08. The molecular weight excluding hydrogens is 695 g/mol. The number of rotatable bonds is 6. The van der Waals surface area contributed by atoms with Crippen molar-refractivity contribution in [2.75, 3.05) is 0 Å². The van der Waals surface area contributed by atoms with Gasteiger partial charge in [-0.05, 0) is 79.2 Å². The summed E-state index contributed by atoms with van der Waals surface area (Å²) in [5.74, 6) is 1.91. The van der Waals surface area contributed by atoms with Crippen molar-refractivity contribution in [2.24, 2.45) is 0 Å². The topological polar surface area (TPSA) is 51.8 Å². The van der Waals surface area contributed by atoms with Crippen molar-refractivity contribution in [3.63, 3.8) is 0 Å². The number of para-hydroxylation sites is 1. The van der Waals surface area contributed by atoms with Gasteiger partial charge in [-0.1, -0.05) is 176 Å². The van der Waals surface area contributed by atoms with Crippen molar-refractivity contribution in [2.45, 2.75) is 0 Å². The minimum atomic E-state index is 0.633. The molecule has 2 aromatic heterocycles. The van der Waals surface area contributed by atoms with Crippen LogP contribution in [0.5, 0.6) is 0 Å². The van der Waals surface area contributed by atoms with Crippen molar-refractivity contribution in [3.8, 4) is 67.5 Å². The van der Waals surface area contributed by atoms with Crippen molar-refractivity contribution >= 4 is 43.5 Å². The van der Waals surface area contributed by atoms with Crippen LogP contribution in [0.4, 0.5) is 0 Å². The molecule has 0 atom stereocenters. The fourth-order valence-electron chi connectivity index (χ4n) is 7.93. The number of furan rings is 1. The van der Waals surface area contributed by atoms with Gasteiger partial charge in [-0.25, -0.2) is 15.0 Å². The zero-order chi connectivity index (χ0) is 37.7. The Bertz CT molecular complexity index is 3260. The molecule has 57 heavy (non-hydrogen) atoms. The normalized spacial score (nSPS) is 11.5. The smallest absolute Gasteiger partial charge is 0.164 e. The predicted octanol–water partition coefficient (Wildman–Crippen LogP) is 14.1. The second-order valence-corrected chi connectivity index (χ2v) is 14.4. The quantitative estimate of drug-likeness (QED) is 0.160. The molecule has 0 amide bonds. The first-order valence-corrected chi connectivity index (χ1v) is 19.2. The predicted molar refractivity (Wildman–Crippen MR) is 235 cm³/mol. The molecule has 0 aliphatic rings. The van der Waals surface area contributed by atoms with E-state index in [9.17, 15) is 0 Å². The first-order valence-electron chi connectivity index (χ1n) is 19.2. The average molecular weight is 728 g/mol. The summed E-state index contributed by atoms with van der Waals surface area (Å²) < 4.78 is 6.05. The Balaban J connectivity index is 0.890. The summed E-state index contributed by atoms with van der Waals surface area (Å²) in [5, 5.41) is 7.28. The van der Waals surface area contributed by atoms with Crippen LogP contribution in [0.3, 0.4) is 0 Å². The zero-order valence-corrected chi connectivity index (χ0v) is 30.8. The molecule has 0 bridgehead atoms. The van der Waals surface area contributed by atoms with Crippen LogP contribution >= 0.6 is 0 Å². The van der Waals surface area contributed by atoms with E-state index >= 15 is 0 Å². The second kappa shape index (κ2) is 13.6. The van der Waals surface area contributed by atoms with Gasteiger partial charge >= 0.3 is 0 Å². The first kappa shape index (κ1) is 32.7. The van der Waals surface area contributed by atoms with Crippen LogP contribution in [0, 0.1) is 0 Å². The fourth-order valence-corrected chi connectivity index (χ4v) is 7.93. The molecule has 0 N–H and O–H groups in total. The van der Waals surface area contributed by atoms with Gasteiger partial charge in [-0.3, -0.25) is 0 Å². The zero-order valence-electron chi connectivity index (χ0n) is 30.8. The molecular formula is C53H33N3O. The highest BCUT2D eigenvalue weighted by Gasteiger charge is 2.14. The summed E-state index contributed by atoms with van der Waals surface area (Å²) in [6.07, 6.45) is 0. The van der Waals surface area contributed by atoms with E-state index in [1.165, 1.54) is 27.1 Å². The number of fused-ring (bicyclic) bond motifs is 6. The number of nitrogens with zero attached hydrogens (tertiary/aromatic N) is 3. The van der Waals surface area contributed by atoms with Gasteiger partial charge in [0.15, 0.2) is 17.5 Å². The van der Waals surface area contributed by atoms with E-state index in [4.69, 9.17) is 19.4 Å². The maximum Gasteiger partial charge on any atom is 0.164 e. The molecule has 11 aromatic rings. The van der Waals surface area contributed by atoms with Crippen LogP contribution < -0.4 is 0 Å². The molecule has 0 saturated carbocycles. The first-order chi connectivity index (χ1) is 28.2. The van der Waals surface area contributed by atoms with E-state index in [1.807, 2.05) is 42.5 Å². The standard InChI is InChI=1S/C53H33N3O/c1-2-9-39(10-3-1)51-54-52(56-53(55-51)41-25-20-36(21-26-41)42-28-30-46-44(32-42)27-22-38-8-4-5-11-45(38)46)40-23-18-35(19-24-40)34-14-16-37(17-15-34)43-29-31-50-48(33-43)47-12-6-7-13-49(47)57-50/h1-33H. The minimum Gasteiger partial charge on any atom is -0.456 e. The maximum absolute atomic E-state index is 6.05. The number of benzene rings is 9. The van der Waals surface area contributed by atoms with Gasteiger partial charge in [0.2, 0.25) is 0 Å². The second-order valence-electron chi connectivity index (χ2n) is 14.4. The summed E-state index contributed by atoms with van der Waals surface area (Å²) in [6.45, 7) is 0. The Labute approximate surface area is 329 Å². The lowest BCUT2D eigenvalue weighted by atomic mass is 9.97. The molecule has 0 radical (unpaired) electrons. The van der Waals surface area contributed by atoms with Gasteiger partial charge in [0, 0.05) is 27.5 Å². The number of hydrogen-bond acceptors (Lipinski definition) is 4. The van der Waals surface area contributed by atoms with E-state index in [1.54, 1.807) is 0 Å². The monoisotopic (exact) mass is 727 g/mol. The lowest BCUT2D eigenvalue weighted by Gasteiger charge is -2.10. The Morgan fingerprint density at radius 3 is 1.32 bits per heavy atom. The summed E-state index contributed by atoms with van der Waals surface area (Å²) in [7, 11) is 0. The molecule has 0 saturated heterocycles. The molecule has 9 aromatic carbocycles. The highest BCUT2D eigenvalue weighted by Crippen LogP contribution is 2.35. The summed E-state index contributed by atoms with van der Waals surface area (Å²) in [6, 6.07) is 70.1. The van der Waals surface area contributed by atoms with Crippen LogP contribution in [0.15, 0.2) is 205 Å². The Hall–Kier alpha value is -7.69. The summed E-state index contributed by atoms with van der Waals surface area (Å²) in [4.78, 5) is 15.0. The number of hydrogen-bond donors (Lipinski definition) is 0. The van der Waals surface area contributed by atoms with Crippen LogP contribution in [-0.4, -0.2) is 15.0 Å². The van der Waals surface area contributed by atoms with Gasteiger partial charge in [-0.15, -0.1) is 0 Å². The SMILES string of the molecule is c1ccc(-c2nc(-c3ccc(-c4ccc(-c5ccc6oc7ccccc7c6c5)cc4)cc3)nc(-c3ccc(-c4ccc5c(ccc6ccccc65)c4)cc3)n2)cc1. The summed E-state index contributed by atoms with van der Waals surface area (Å²) >= 11 is 0. The van der Waals surface area contributed by atoms with Crippen LogP contribution in [-0.2, 0) is 0 Å². The number of aromatic nitrogens is 3. The van der Waals surface area contributed by atoms with Crippen molar-refractivity contribution < 1.29 is 4.42 Å². The molecule has 0 aliphatic carbocycles. The van der Waals surface area contributed by atoms with Crippen LogP contribution in [0.25, 0.3) is 111 Å². The van der Waals surface area contributed by atoms with Crippen LogP contribution in [0.1, 0.15) is 0 Å². The third kappa shape index (κ3) is 6.01. The van der Waals surface area contributed by atoms with Gasteiger partial charge in [-0.2, -0.15) is 0 Å². The van der Waals surface area contributed by atoms with Gasteiger partial charge in [0.1, 0.15) is 11.2 Å². The fraction of sp³-hybridized carbons (Fsp3) is 0. The Kier molecular flexibility index (Phi) is 7.78. The van der Waals surface area contributed by atoms with Crippen molar-refractivity contribution in [3.05, 3.63) is 200 Å². The Morgan fingerprint density at radius 1 is 0.246 bits per heavy atom. The third-order valence-corrected chi connectivity index (χ3v) is 11.0. The van der Waals surface area contributed by atoms with E-state index in [0.29, 0.717) is 17.5 Å². The molecule has 0 spiro atoms. The molecule has 2 heterocycles. The largest absolute Gasteiger partial charge is 0.456 e. The van der Waals surface area contributed by atoms with Gasteiger partial charge in [0.05, 0.1) is 0 Å². The Morgan fingerprint density at radius 2 is 0.667 bits per heavy atom. The van der Waals surface area contributed by atoms with Crippen molar-refractivity contribution in [1.82, 2.24) is 15.0 Å². The maximum atomic E-state index is 6.05. The molecule has 0 fully saturated rings. The van der Waals surface area contributed by atoms with E-state index in [-0.39, 0.29) is 0 Å². The van der Waals surface area contributed by atoms with Crippen LogP contribution in [0.2, 0.25) is 0 Å². The highest BCUT2D eigenvalue weighted by atomic mass is 16.3. The lowest BCUT2D eigenvalue weighted by Crippen LogP contribution is -2.00. The van der Waals surface area contributed by atoms with E-state index in [0.717, 1.165) is 66.4 Å². The van der Waals surface area contributed by atoms with E-state index < -0.39 is 0 Å². The molecule has 0 unspecified atom stereocenters.